The molecule has 14 heteroatoms. The lowest BCUT2D eigenvalue weighted by molar-refractivity contribution is 0.102. The number of aromatic nitrogens is 3. The Bertz CT molecular complexity index is 1770. The highest BCUT2D eigenvalue weighted by atomic mass is 32.2. The van der Waals surface area contributed by atoms with E-state index < -0.39 is 34.1 Å². The van der Waals surface area contributed by atoms with E-state index in [0.29, 0.717) is 39.8 Å². The van der Waals surface area contributed by atoms with Gasteiger partial charge in [0.05, 0.1) is 29.2 Å². The third kappa shape index (κ3) is 6.74. The smallest absolute Gasteiger partial charge is 0.407 e. The predicted octanol–water partition coefficient (Wildman–Crippen LogP) is 5.59. The van der Waals surface area contributed by atoms with E-state index in [0.717, 1.165) is 4.90 Å². The number of hydrogen-bond acceptors (Lipinski definition) is 8. The van der Waals surface area contributed by atoms with E-state index in [-0.39, 0.29) is 42.8 Å². The second-order valence-corrected chi connectivity index (χ2v) is 12.1. The zero-order chi connectivity index (χ0) is 30.7. The maximum Gasteiger partial charge on any atom is 0.407 e. The molecular weight excluding hydrogens is 582 g/mol. The topological polar surface area (TPSA) is 147 Å². The third-order valence-corrected chi connectivity index (χ3v) is 8.39. The Morgan fingerprint density at radius 3 is 2.67 bits per heavy atom. The molecule has 226 valence electrons. The molecule has 1 aliphatic heterocycles. The summed E-state index contributed by atoms with van der Waals surface area (Å²) in [6.45, 7) is 3.42. The van der Waals surface area contributed by atoms with Gasteiger partial charge in [-0.1, -0.05) is 19.1 Å². The van der Waals surface area contributed by atoms with Crippen molar-refractivity contribution in [2.75, 3.05) is 28.9 Å². The molecule has 2 aromatic carbocycles. The standard InChI is InChI=1S/C29H30F2N6O5S/c1-3-13-43(40,41)36-25-20-7-6-17(2)26(21(20)8-9-23(25)31)42-27-22(5-4-11-32-27)24-10-12-33-28(35-24)34-19-14-18(30)15-37(16-19)29(38)39/h4-12,18-19,36H,3,13-16H2,1-2H3,(H,38,39)(H,33,34,35)/t18-,19+/m1/s1. The van der Waals surface area contributed by atoms with Gasteiger partial charge in [0.2, 0.25) is 21.9 Å². The van der Waals surface area contributed by atoms with Gasteiger partial charge in [-0.3, -0.25) is 4.72 Å². The van der Waals surface area contributed by atoms with Crippen LogP contribution >= 0.6 is 0 Å². The van der Waals surface area contributed by atoms with Crippen LogP contribution in [0.2, 0.25) is 0 Å². The van der Waals surface area contributed by atoms with Crippen LogP contribution in [0, 0.1) is 12.7 Å². The second kappa shape index (κ2) is 12.3. The van der Waals surface area contributed by atoms with E-state index in [9.17, 15) is 27.1 Å². The molecule has 2 atom stereocenters. The minimum absolute atomic E-state index is 0.0855. The van der Waals surface area contributed by atoms with Gasteiger partial charge in [0, 0.05) is 42.2 Å². The van der Waals surface area contributed by atoms with E-state index >= 15 is 0 Å². The highest BCUT2D eigenvalue weighted by molar-refractivity contribution is 7.92. The molecule has 0 bridgehead atoms. The van der Waals surface area contributed by atoms with Gasteiger partial charge in [0.15, 0.2) is 0 Å². The molecule has 1 amide bonds. The number of halogens is 2. The predicted molar refractivity (Wildman–Crippen MR) is 158 cm³/mol. The van der Waals surface area contributed by atoms with Crippen molar-refractivity contribution in [1.82, 2.24) is 19.9 Å². The van der Waals surface area contributed by atoms with Crippen molar-refractivity contribution in [2.24, 2.45) is 0 Å². The van der Waals surface area contributed by atoms with Crippen molar-refractivity contribution >= 4 is 38.5 Å². The lowest BCUT2D eigenvalue weighted by atomic mass is 10.0. The molecule has 3 heterocycles. The number of carbonyl (C=O) groups is 1. The number of ether oxygens (including phenoxy) is 1. The number of hydrogen-bond donors (Lipinski definition) is 3. The van der Waals surface area contributed by atoms with Crippen molar-refractivity contribution in [3.63, 3.8) is 0 Å². The first-order valence-corrected chi connectivity index (χ1v) is 15.3. The number of alkyl halides is 1. The van der Waals surface area contributed by atoms with E-state index in [2.05, 4.69) is 25.0 Å². The van der Waals surface area contributed by atoms with E-state index in [1.165, 1.54) is 24.5 Å². The van der Waals surface area contributed by atoms with Gasteiger partial charge in [0.25, 0.3) is 0 Å². The van der Waals surface area contributed by atoms with E-state index in [1.807, 2.05) is 0 Å². The number of likely N-dealkylation sites (tertiary alicyclic amines) is 1. The molecule has 5 rings (SSSR count). The summed E-state index contributed by atoms with van der Waals surface area (Å²) in [6.07, 6.45) is 1.01. The van der Waals surface area contributed by atoms with Crippen molar-refractivity contribution in [1.29, 1.82) is 0 Å². The third-order valence-electron chi connectivity index (χ3n) is 6.93. The molecule has 0 aliphatic carbocycles. The van der Waals surface area contributed by atoms with Crippen molar-refractivity contribution in [3.8, 4) is 22.9 Å². The van der Waals surface area contributed by atoms with Crippen LogP contribution in [0.25, 0.3) is 22.0 Å². The fourth-order valence-corrected chi connectivity index (χ4v) is 6.16. The van der Waals surface area contributed by atoms with Gasteiger partial charge in [-0.25, -0.2) is 36.9 Å². The molecule has 3 N–H and O–H groups in total. The van der Waals surface area contributed by atoms with Gasteiger partial charge >= 0.3 is 6.09 Å². The average molecular weight is 613 g/mol. The average Bonchev–Trinajstić information content (AvgIpc) is 2.96. The number of amides is 1. The highest BCUT2D eigenvalue weighted by Gasteiger charge is 2.30. The largest absolute Gasteiger partial charge is 0.465 e. The van der Waals surface area contributed by atoms with Crippen LogP contribution in [0.5, 0.6) is 11.6 Å². The summed E-state index contributed by atoms with van der Waals surface area (Å²) in [5.74, 6) is -0.162. The first kappa shape index (κ1) is 29.9. The lowest BCUT2D eigenvalue weighted by Gasteiger charge is -2.33. The fraction of sp³-hybridized carbons (Fsp3) is 0.310. The minimum atomic E-state index is -3.76. The first-order chi connectivity index (χ1) is 20.5. The number of pyridine rings is 1. The van der Waals surface area contributed by atoms with Crippen LogP contribution in [-0.2, 0) is 10.0 Å². The zero-order valence-corrected chi connectivity index (χ0v) is 24.2. The quantitative estimate of drug-likeness (QED) is 0.220. The van der Waals surface area contributed by atoms with Crippen LogP contribution in [0.15, 0.2) is 54.9 Å². The number of aryl methyl sites for hydroxylation is 1. The molecule has 1 aliphatic rings. The summed E-state index contributed by atoms with van der Waals surface area (Å²) in [7, 11) is -3.76. The summed E-state index contributed by atoms with van der Waals surface area (Å²) in [5.41, 5.74) is 1.46. The summed E-state index contributed by atoms with van der Waals surface area (Å²) in [4.78, 5) is 25.6. The Hall–Kier alpha value is -4.59. The Morgan fingerprint density at radius 2 is 1.91 bits per heavy atom. The fourth-order valence-electron chi connectivity index (χ4n) is 5.00. The lowest BCUT2D eigenvalue weighted by Crippen LogP contribution is -2.49. The molecule has 4 aromatic rings. The normalized spacial score (nSPS) is 17.1. The molecular formula is C29H30F2N6O5S. The number of nitrogens with zero attached hydrogens (tertiary/aromatic N) is 4. The van der Waals surface area contributed by atoms with Crippen LogP contribution < -0.4 is 14.8 Å². The molecule has 0 unspecified atom stereocenters. The molecule has 43 heavy (non-hydrogen) atoms. The molecule has 2 aromatic heterocycles. The Balaban J connectivity index is 1.47. The van der Waals surface area contributed by atoms with Crippen LogP contribution in [-0.4, -0.2) is 70.5 Å². The number of rotatable bonds is 9. The van der Waals surface area contributed by atoms with Gasteiger partial charge in [-0.05, 0) is 49.2 Å². The number of nitrogens with one attached hydrogen (secondary N) is 2. The first-order valence-electron chi connectivity index (χ1n) is 13.6. The summed E-state index contributed by atoms with van der Waals surface area (Å²) in [5, 5.41) is 13.1. The van der Waals surface area contributed by atoms with Gasteiger partial charge in [-0.15, -0.1) is 0 Å². The molecule has 11 nitrogen and oxygen atoms in total. The van der Waals surface area contributed by atoms with Crippen LogP contribution in [0.4, 0.5) is 25.2 Å². The number of carboxylic acid groups (broad SMARTS) is 1. The molecule has 0 radical (unpaired) electrons. The van der Waals surface area contributed by atoms with E-state index in [1.54, 1.807) is 44.2 Å². The molecule has 1 saturated heterocycles. The van der Waals surface area contributed by atoms with Crippen LogP contribution in [0.3, 0.4) is 0 Å². The van der Waals surface area contributed by atoms with Crippen molar-refractivity contribution in [3.05, 3.63) is 66.2 Å². The van der Waals surface area contributed by atoms with Crippen LogP contribution in [0.1, 0.15) is 25.3 Å². The minimum Gasteiger partial charge on any atom is -0.465 e. The van der Waals surface area contributed by atoms with Gasteiger partial charge in [-0.2, -0.15) is 0 Å². The number of benzene rings is 2. The van der Waals surface area contributed by atoms with E-state index in [4.69, 9.17) is 4.74 Å². The summed E-state index contributed by atoms with van der Waals surface area (Å²) < 4.78 is 62.7. The summed E-state index contributed by atoms with van der Waals surface area (Å²) in [6, 6.07) is 10.6. The number of anilines is 2. The van der Waals surface area contributed by atoms with Crippen molar-refractivity contribution in [2.45, 2.75) is 38.9 Å². The van der Waals surface area contributed by atoms with Gasteiger partial charge in [0.1, 0.15) is 17.7 Å². The number of fused-ring (bicyclic) bond motifs is 1. The number of piperidine rings is 1. The Morgan fingerprint density at radius 1 is 1.12 bits per heavy atom. The second-order valence-electron chi connectivity index (χ2n) is 10.2. The maximum atomic E-state index is 14.9. The Kier molecular flexibility index (Phi) is 8.57. The monoisotopic (exact) mass is 612 g/mol. The SMILES string of the molecule is CCCS(=O)(=O)Nc1c(F)ccc2c(Oc3ncccc3-c3ccnc(N[C@H]4C[C@@H](F)CN(C(=O)O)C4)n3)c(C)ccc12. The van der Waals surface area contributed by atoms with Gasteiger partial charge < -0.3 is 20.1 Å². The highest BCUT2D eigenvalue weighted by Crippen LogP contribution is 2.39. The molecule has 0 spiro atoms. The molecule has 0 saturated carbocycles. The van der Waals surface area contributed by atoms with Crippen molar-refractivity contribution < 1.29 is 31.8 Å². The maximum absolute atomic E-state index is 14.9. The molecule has 1 fully saturated rings. The number of sulfonamides is 1. The Labute approximate surface area is 247 Å². The zero-order valence-electron chi connectivity index (χ0n) is 23.4. The summed E-state index contributed by atoms with van der Waals surface area (Å²) >= 11 is 0.